The van der Waals surface area contributed by atoms with Crippen LogP contribution in [0.3, 0.4) is 0 Å². The van der Waals surface area contributed by atoms with E-state index in [1.807, 2.05) is 0 Å². The van der Waals surface area contributed by atoms with E-state index in [-0.39, 0.29) is 29.9 Å². The third kappa shape index (κ3) is 3.06. The van der Waals surface area contributed by atoms with Gasteiger partial charge in [0, 0.05) is 24.0 Å². The molecule has 0 spiro atoms. The summed E-state index contributed by atoms with van der Waals surface area (Å²) < 4.78 is 12.2. The Bertz CT molecular complexity index is 1160. The Morgan fingerprint density at radius 3 is 3.03 bits per heavy atom. The Morgan fingerprint density at radius 1 is 1.28 bits per heavy atom. The summed E-state index contributed by atoms with van der Waals surface area (Å²) >= 11 is 0. The van der Waals surface area contributed by atoms with Crippen molar-refractivity contribution in [2.24, 2.45) is 0 Å². The molecule has 2 aliphatic rings. The molecule has 2 aromatic heterocycles. The number of H-pyrrole nitrogens is 1. The number of hydrogen-bond donors (Lipinski definition) is 2. The predicted octanol–water partition coefficient (Wildman–Crippen LogP) is 1.89. The normalized spacial score (nSPS) is 17.1. The molecule has 0 fully saturated rings. The van der Waals surface area contributed by atoms with Crippen molar-refractivity contribution in [3.63, 3.8) is 0 Å². The summed E-state index contributed by atoms with van der Waals surface area (Å²) in [5.74, 6) is 0.876. The van der Waals surface area contributed by atoms with Gasteiger partial charge in [0.05, 0.1) is 11.9 Å². The lowest BCUT2D eigenvalue weighted by Crippen LogP contribution is -2.42. The van der Waals surface area contributed by atoms with Gasteiger partial charge in [-0.1, -0.05) is 0 Å². The number of nitrogens with one attached hydrogen (secondary N) is 2. The Balaban J connectivity index is 1.44. The van der Waals surface area contributed by atoms with Crippen molar-refractivity contribution in [1.82, 2.24) is 20.1 Å². The molecule has 8 nitrogen and oxygen atoms in total. The number of amides is 1. The number of hydrogen-bond acceptors (Lipinski definition) is 5. The zero-order valence-electron chi connectivity index (χ0n) is 15.9. The summed E-state index contributed by atoms with van der Waals surface area (Å²) in [7, 11) is 0. The molecule has 0 bridgehead atoms. The first kappa shape index (κ1) is 17.5. The van der Waals surface area contributed by atoms with Gasteiger partial charge in [-0.25, -0.2) is 0 Å². The fourth-order valence-corrected chi connectivity index (χ4v) is 3.94. The summed E-state index contributed by atoms with van der Waals surface area (Å²) in [6, 6.07) is 7.02. The number of nitrogens with zero attached hydrogens (tertiary/aromatic N) is 2. The third-order valence-corrected chi connectivity index (χ3v) is 5.51. The molecule has 29 heavy (non-hydrogen) atoms. The lowest BCUT2D eigenvalue weighted by molar-refractivity contribution is 0.0931. The van der Waals surface area contributed by atoms with Crippen LogP contribution in [0.1, 0.15) is 33.6 Å². The summed E-state index contributed by atoms with van der Waals surface area (Å²) in [5, 5.41) is 10.1. The minimum absolute atomic E-state index is 0.0226. The second-order valence-corrected chi connectivity index (χ2v) is 7.37. The number of aromatic nitrogens is 3. The molecule has 0 saturated heterocycles. The Labute approximate surface area is 166 Å². The molecule has 148 valence electrons. The first-order valence-corrected chi connectivity index (χ1v) is 9.54. The van der Waals surface area contributed by atoms with Gasteiger partial charge in [0.25, 0.3) is 11.5 Å². The maximum atomic E-state index is 13.1. The van der Waals surface area contributed by atoms with E-state index in [2.05, 4.69) is 15.5 Å². The number of carbonyl (C=O) groups excluding carboxylic acids is 1. The molecular weight excluding hydrogens is 372 g/mol. The van der Waals surface area contributed by atoms with Crippen LogP contribution in [-0.4, -0.2) is 33.5 Å². The van der Waals surface area contributed by atoms with E-state index in [9.17, 15) is 9.59 Å². The molecule has 1 aromatic carbocycles. The molecule has 1 aliphatic heterocycles. The highest BCUT2D eigenvalue weighted by molar-refractivity contribution is 5.95. The number of aryl methyl sites for hydroxylation is 2. The minimum atomic E-state index is -0.360. The topological polar surface area (TPSA) is 98.2 Å². The molecule has 5 rings (SSSR count). The number of fused-ring (bicyclic) bond motifs is 2. The summed E-state index contributed by atoms with van der Waals surface area (Å²) in [4.78, 5) is 26.1. The molecule has 8 heteroatoms. The largest absolute Gasteiger partial charge is 0.454 e. The van der Waals surface area contributed by atoms with Crippen molar-refractivity contribution in [2.75, 3.05) is 6.79 Å². The number of ether oxygens (including phenoxy) is 2. The van der Waals surface area contributed by atoms with Crippen molar-refractivity contribution >= 4 is 5.91 Å². The highest BCUT2D eigenvalue weighted by Crippen LogP contribution is 2.33. The van der Waals surface area contributed by atoms with E-state index in [0.717, 1.165) is 24.1 Å². The number of carbonyl (C=O) groups is 1. The molecule has 1 amide bonds. The van der Waals surface area contributed by atoms with Gasteiger partial charge in [-0.15, -0.1) is 0 Å². The average molecular weight is 392 g/mol. The van der Waals surface area contributed by atoms with E-state index >= 15 is 0 Å². The summed E-state index contributed by atoms with van der Waals surface area (Å²) in [6.07, 6.45) is 5.82. The van der Waals surface area contributed by atoms with Crippen LogP contribution in [0.2, 0.25) is 0 Å². The Kier molecular flexibility index (Phi) is 4.12. The molecule has 1 aliphatic carbocycles. The van der Waals surface area contributed by atoms with Crippen LogP contribution < -0.4 is 20.3 Å². The molecule has 3 aromatic rings. The lowest BCUT2D eigenvalue weighted by Gasteiger charge is -2.23. The molecular formula is C21H20N4O4. The maximum Gasteiger partial charge on any atom is 0.268 e. The van der Waals surface area contributed by atoms with Gasteiger partial charge in [-0.05, 0) is 55.5 Å². The van der Waals surface area contributed by atoms with Crippen molar-refractivity contribution in [3.8, 4) is 17.2 Å². The van der Waals surface area contributed by atoms with Gasteiger partial charge in [0.1, 0.15) is 5.56 Å². The number of rotatable bonds is 3. The van der Waals surface area contributed by atoms with Crippen molar-refractivity contribution < 1.29 is 14.3 Å². The van der Waals surface area contributed by atoms with Crippen LogP contribution in [0.4, 0.5) is 0 Å². The fraction of sp³-hybridized carbons (Fsp3) is 0.286. The first-order chi connectivity index (χ1) is 14.1. The van der Waals surface area contributed by atoms with E-state index in [4.69, 9.17) is 9.47 Å². The molecule has 1 atom stereocenters. The third-order valence-electron chi connectivity index (χ3n) is 5.51. The number of aromatic amines is 1. The van der Waals surface area contributed by atoms with Crippen molar-refractivity contribution in [1.29, 1.82) is 0 Å². The molecule has 2 N–H and O–H groups in total. The number of benzene rings is 1. The molecule has 0 radical (unpaired) electrons. The second kappa shape index (κ2) is 6.80. The standard InChI is InChI=1S/C21H20N4O4/c1-12-6-7-25(15-3-5-17-18(9-15)29-11-28-17)21(27)19(12)20(26)23-14-2-4-16-13(8-14)10-22-24-16/h3,5-7,9-10,14H,2,4,8,11H2,1H3,(H,22,24)(H,23,26). The van der Waals surface area contributed by atoms with Gasteiger partial charge in [0.2, 0.25) is 6.79 Å². The van der Waals surface area contributed by atoms with Crippen LogP contribution >= 0.6 is 0 Å². The van der Waals surface area contributed by atoms with E-state index in [0.29, 0.717) is 29.2 Å². The predicted molar refractivity (Wildman–Crippen MR) is 105 cm³/mol. The van der Waals surface area contributed by atoms with E-state index < -0.39 is 0 Å². The van der Waals surface area contributed by atoms with Crippen LogP contribution in [0, 0.1) is 6.92 Å². The highest BCUT2D eigenvalue weighted by Gasteiger charge is 2.24. The molecule has 0 saturated carbocycles. The zero-order valence-corrected chi connectivity index (χ0v) is 15.9. The molecule has 1 unspecified atom stereocenters. The van der Waals surface area contributed by atoms with Crippen LogP contribution in [0.5, 0.6) is 11.5 Å². The van der Waals surface area contributed by atoms with Gasteiger partial charge < -0.3 is 14.8 Å². The first-order valence-electron chi connectivity index (χ1n) is 9.54. The quantitative estimate of drug-likeness (QED) is 0.709. The van der Waals surface area contributed by atoms with Gasteiger partial charge in [-0.3, -0.25) is 19.3 Å². The van der Waals surface area contributed by atoms with Gasteiger partial charge >= 0.3 is 0 Å². The highest BCUT2D eigenvalue weighted by atomic mass is 16.7. The average Bonchev–Trinajstić information content (AvgIpc) is 3.36. The van der Waals surface area contributed by atoms with Gasteiger partial charge in [-0.2, -0.15) is 5.10 Å². The Hall–Kier alpha value is -3.55. The van der Waals surface area contributed by atoms with Gasteiger partial charge in [0.15, 0.2) is 11.5 Å². The summed E-state index contributed by atoms with van der Waals surface area (Å²) in [5.41, 5.74) is 3.29. The number of pyridine rings is 1. The van der Waals surface area contributed by atoms with Crippen LogP contribution in [0.15, 0.2) is 41.5 Å². The van der Waals surface area contributed by atoms with Crippen LogP contribution in [-0.2, 0) is 12.8 Å². The van der Waals surface area contributed by atoms with E-state index in [1.54, 1.807) is 43.6 Å². The zero-order chi connectivity index (χ0) is 20.0. The monoisotopic (exact) mass is 392 g/mol. The fourth-order valence-electron chi connectivity index (χ4n) is 3.94. The minimum Gasteiger partial charge on any atom is -0.454 e. The molecule has 3 heterocycles. The van der Waals surface area contributed by atoms with Crippen LogP contribution in [0.25, 0.3) is 5.69 Å². The second-order valence-electron chi connectivity index (χ2n) is 7.37. The lowest BCUT2D eigenvalue weighted by atomic mass is 9.93. The van der Waals surface area contributed by atoms with Crippen molar-refractivity contribution in [2.45, 2.75) is 32.2 Å². The van der Waals surface area contributed by atoms with Crippen molar-refractivity contribution in [3.05, 3.63) is 69.4 Å². The smallest absolute Gasteiger partial charge is 0.268 e. The SMILES string of the molecule is Cc1ccn(-c2ccc3c(c2)OCO3)c(=O)c1C(=O)NC1CCc2[nH]ncc2C1. The summed E-state index contributed by atoms with van der Waals surface area (Å²) in [6.45, 7) is 1.93. The Morgan fingerprint density at radius 2 is 2.14 bits per heavy atom. The maximum absolute atomic E-state index is 13.1. The van der Waals surface area contributed by atoms with E-state index in [1.165, 1.54) is 4.57 Å².